The van der Waals surface area contributed by atoms with E-state index in [1.807, 2.05) is 0 Å². The van der Waals surface area contributed by atoms with Crippen molar-refractivity contribution in [3.05, 3.63) is 35.3 Å². The van der Waals surface area contributed by atoms with Crippen molar-refractivity contribution >= 4 is 33.5 Å². The quantitative estimate of drug-likeness (QED) is 0.703. The molecule has 0 aliphatic carbocycles. The van der Waals surface area contributed by atoms with Crippen molar-refractivity contribution in [1.29, 1.82) is 0 Å². The Morgan fingerprint density at radius 2 is 1.95 bits per heavy atom. The highest BCUT2D eigenvalue weighted by atomic mass is 32.2. The van der Waals surface area contributed by atoms with E-state index in [2.05, 4.69) is 0 Å². The van der Waals surface area contributed by atoms with Crippen LogP contribution in [0.25, 0.3) is 10.9 Å². The van der Waals surface area contributed by atoms with E-state index in [-0.39, 0.29) is 22.2 Å². The third-order valence-electron chi connectivity index (χ3n) is 3.35. The molecule has 0 aliphatic rings. The lowest BCUT2D eigenvalue weighted by molar-refractivity contribution is -0.138. The molecule has 1 atom stereocenters. The summed E-state index contributed by atoms with van der Waals surface area (Å²) in [7, 11) is -3.37. The van der Waals surface area contributed by atoms with Crippen LogP contribution in [-0.2, 0) is 26.8 Å². The maximum atomic E-state index is 13.5. The first-order valence-corrected chi connectivity index (χ1v) is 7.35. The fraction of sp³-hybridized carbons (Fsp3) is 0.231. The van der Waals surface area contributed by atoms with Crippen molar-refractivity contribution in [2.24, 2.45) is 0 Å². The van der Waals surface area contributed by atoms with E-state index in [1.165, 1.54) is 17.6 Å². The Morgan fingerprint density at radius 1 is 1.32 bits per heavy atom. The summed E-state index contributed by atoms with van der Waals surface area (Å²) in [5.41, 5.74) is 0.313. The highest BCUT2D eigenvalue weighted by molar-refractivity contribution is 7.73. The molecule has 7 nitrogen and oxygen atoms in total. The molecule has 0 aliphatic heterocycles. The summed E-state index contributed by atoms with van der Waals surface area (Å²) in [5, 5.41) is 16.3. The summed E-state index contributed by atoms with van der Waals surface area (Å²) < 4.78 is 37.3. The van der Waals surface area contributed by atoms with Gasteiger partial charge in [-0.1, -0.05) is 0 Å². The fourth-order valence-corrected chi connectivity index (χ4v) is 3.20. The number of aliphatic carboxylic acids is 2. The van der Waals surface area contributed by atoms with Gasteiger partial charge in [-0.25, -0.2) is 12.8 Å². The van der Waals surface area contributed by atoms with Crippen molar-refractivity contribution < 1.29 is 32.6 Å². The molecule has 118 valence electrons. The van der Waals surface area contributed by atoms with Gasteiger partial charge in [0.05, 0.1) is 0 Å². The third-order valence-corrected chi connectivity index (χ3v) is 4.25. The van der Waals surface area contributed by atoms with Gasteiger partial charge < -0.3 is 14.8 Å². The summed E-state index contributed by atoms with van der Waals surface area (Å²) in [6.07, 6.45) is 0. The fourth-order valence-electron chi connectivity index (χ4n) is 2.48. The minimum absolute atomic E-state index is 0.0744. The molecule has 2 N–H and O–H groups in total. The van der Waals surface area contributed by atoms with Gasteiger partial charge in [-0.15, -0.1) is 0 Å². The van der Waals surface area contributed by atoms with Gasteiger partial charge in [0.2, 0.25) is 0 Å². The molecule has 0 radical (unpaired) electrons. The van der Waals surface area contributed by atoms with E-state index in [4.69, 9.17) is 10.2 Å². The molecular weight excluding hydrogens is 317 g/mol. The molecule has 0 spiro atoms. The number of halogens is 1. The Balaban J connectivity index is 2.88. The molecule has 0 bridgehead atoms. The molecule has 1 heterocycles. The van der Waals surface area contributed by atoms with Crippen LogP contribution in [0.1, 0.15) is 16.5 Å². The average Bonchev–Trinajstić information content (AvgIpc) is 2.63. The molecule has 2 aromatic rings. The zero-order chi connectivity index (χ0) is 16.6. The highest BCUT2D eigenvalue weighted by Gasteiger charge is 2.30. The minimum atomic E-state index is -3.37. The van der Waals surface area contributed by atoms with Gasteiger partial charge in [0.15, 0.2) is 16.0 Å². The van der Waals surface area contributed by atoms with Crippen molar-refractivity contribution in [2.75, 3.05) is 0 Å². The van der Waals surface area contributed by atoms with E-state index in [1.54, 1.807) is 0 Å². The molecule has 0 fully saturated rings. The number of carboxylic acid groups (broad SMARTS) is 2. The first kappa shape index (κ1) is 16.0. The second kappa shape index (κ2) is 5.76. The number of benzene rings is 1. The van der Waals surface area contributed by atoms with Gasteiger partial charge in [-0.3, -0.25) is 9.59 Å². The first-order chi connectivity index (χ1) is 10.2. The number of carbonyl (C=O) groups is 2. The van der Waals surface area contributed by atoms with E-state index in [9.17, 15) is 22.4 Å². The Bertz CT molecular complexity index is 846. The molecule has 1 unspecified atom stereocenters. The van der Waals surface area contributed by atoms with Gasteiger partial charge in [0.25, 0.3) is 0 Å². The second-order valence-electron chi connectivity index (χ2n) is 4.67. The number of carboxylic acids is 2. The Kier molecular flexibility index (Phi) is 4.18. The predicted octanol–water partition coefficient (Wildman–Crippen LogP) is 0.911. The Labute approximate surface area is 125 Å². The van der Waals surface area contributed by atoms with E-state index >= 15 is 0 Å². The van der Waals surface area contributed by atoms with Crippen LogP contribution in [0, 0.1) is 12.7 Å². The topological polar surface area (TPSA) is 114 Å². The van der Waals surface area contributed by atoms with E-state index in [0.29, 0.717) is 0 Å². The highest BCUT2D eigenvalue weighted by Crippen LogP contribution is 2.33. The molecule has 22 heavy (non-hydrogen) atoms. The molecule has 9 heteroatoms. The molecule has 0 saturated carbocycles. The van der Waals surface area contributed by atoms with Crippen molar-refractivity contribution in [1.82, 2.24) is 4.57 Å². The zero-order valence-electron chi connectivity index (χ0n) is 11.3. The number of rotatable bonds is 5. The van der Waals surface area contributed by atoms with Gasteiger partial charge in [-0.2, -0.15) is 0 Å². The molecule has 1 aromatic heterocycles. The maximum absolute atomic E-state index is 13.5. The SMILES string of the molecule is Cc1c(C(C(=O)O)[SH](=O)=O)c2cc(F)ccc2n1CC(=O)O. The van der Waals surface area contributed by atoms with Crippen LogP contribution in [0.2, 0.25) is 0 Å². The second-order valence-corrected chi connectivity index (χ2v) is 5.75. The van der Waals surface area contributed by atoms with Gasteiger partial charge in [0, 0.05) is 22.2 Å². The average molecular weight is 329 g/mol. The summed E-state index contributed by atoms with van der Waals surface area (Å²) in [5.74, 6) is -3.46. The van der Waals surface area contributed by atoms with Crippen LogP contribution in [0.5, 0.6) is 0 Å². The molecular formula is C13H12FNO6S. The van der Waals surface area contributed by atoms with Gasteiger partial charge in [0.1, 0.15) is 12.4 Å². The zero-order valence-corrected chi connectivity index (χ0v) is 12.2. The minimum Gasteiger partial charge on any atom is -0.480 e. The molecule has 2 rings (SSSR count). The van der Waals surface area contributed by atoms with Crippen LogP contribution in [0.4, 0.5) is 4.39 Å². The third kappa shape index (κ3) is 2.67. The standard InChI is InChI=1S/C13H12FNO6S/c1-6-11(12(13(18)19)22(20)21)8-4-7(14)2-3-9(8)15(6)5-10(16)17/h2-4,12,22H,5H2,1H3,(H,16,17)(H,18,19). The van der Waals surface area contributed by atoms with Crippen molar-refractivity contribution in [3.8, 4) is 0 Å². The molecule has 0 amide bonds. The Morgan fingerprint density at radius 3 is 2.45 bits per heavy atom. The van der Waals surface area contributed by atoms with Crippen molar-refractivity contribution in [2.45, 2.75) is 18.7 Å². The van der Waals surface area contributed by atoms with Crippen molar-refractivity contribution in [3.63, 3.8) is 0 Å². The van der Waals surface area contributed by atoms with Crippen LogP contribution in [-0.4, -0.2) is 35.1 Å². The normalized spacial score (nSPS) is 12.7. The monoisotopic (exact) mass is 329 g/mol. The first-order valence-electron chi connectivity index (χ1n) is 6.10. The number of hydrogen-bond acceptors (Lipinski definition) is 4. The number of hydrogen-bond donors (Lipinski definition) is 3. The Hall–Kier alpha value is -2.42. The van der Waals surface area contributed by atoms with Gasteiger partial charge >= 0.3 is 11.9 Å². The number of thiol groups is 1. The summed E-state index contributed by atoms with van der Waals surface area (Å²) in [6.45, 7) is 0.918. The van der Waals surface area contributed by atoms with Gasteiger partial charge in [-0.05, 0) is 25.1 Å². The molecule has 0 saturated heterocycles. The summed E-state index contributed by atoms with van der Waals surface area (Å²) >= 11 is 0. The predicted molar refractivity (Wildman–Crippen MR) is 75.0 cm³/mol. The lowest BCUT2D eigenvalue weighted by Crippen LogP contribution is -2.15. The summed E-state index contributed by atoms with van der Waals surface area (Å²) in [6, 6.07) is 3.39. The van der Waals surface area contributed by atoms with Crippen LogP contribution in [0.15, 0.2) is 18.2 Å². The molecule has 1 aromatic carbocycles. The van der Waals surface area contributed by atoms with E-state index in [0.717, 1.165) is 12.1 Å². The van der Waals surface area contributed by atoms with Crippen LogP contribution < -0.4 is 0 Å². The maximum Gasteiger partial charge on any atom is 0.326 e. The lowest BCUT2D eigenvalue weighted by atomic mass is 10.1. The van der Waals surface area contributed by atoms with Crippen LogP contribution >= 0.6 is 0 Å². The smallest absolute Gasteiger partial charge is 0.326 e. The summed E-state index contributed by atoms with van der Waals surface area (Å²) in [4.78, 5) is 22.2. The lowest BCUT2D eigenvalue weighted by Gasteiger charge is -2.08. The number of fused-ring (bicyclic) bond motifs is 1. The van der Waals surface area contributed by atoms with Crippen LogP contribution in [0.3, 0.4) is 0 Å². The number of nitrogens with zero attached hydrogens (tertiary/aromatic N) is 1. The van der Waals surface area contributed by atoms with E-state index < -0.39 is 40.3 Å². The largest absolute Gasteiger partial charge is 0.480 e. The number of aromatic nitrogens is 1.